The van der Waals surface area contributed by atoms with Gasteiger partial charge in [0, 0.05) is 6.92 Å². The molecule has 0 unspecified atom stereocenters. The van der Waals surface area contributed by atoms with Crippen molar-refractivity contribution in [2.75, 3.05) is 6.61 Å². The summed E-state index contributed by atoms with van der Waals surface area (Å²) in [7, 11) is 0. The van der Waals surface area contributed by atoms with Gasteiger partial charge in [-0.05, 0) is 36.4 Å². The molecule has 9 nitrogen and oxygen atoms in total. The molecule has 37 heavy (non-hydrogen) atoms. The summed E-state index contributed by atoms with van der Waals surface area (Å²) in [4.78, 5) is 50.0. The highest BCUT2D eigenvalue weighted by molar-refractivity contribution is 5.91. The second kappa shape index (κ2) is 12.0. The minimum atomic E-state index is -1.40. The van der Waals surface area contributed by atoms with E-state index in [2.05, 4.69) is 0 Å². The molecule has 4 atom stereocenters. The quantitative estimate of drug-likeness (QED) is 0.257. The lowest BCUT2D eigenvalue weighted by Crippen LogP contribution is -2.42. The molecule has 4 rings (SSSR count). The van der Waals surface area contributed by atoms with Crippen molar-refractivity contribution in [2.45, 2.75) is 31.5 Å². The summed E-state index contributed by atoms with van der Waals surface area (Å²) in [5, 5.41) is 0. The molecule has 0 radical (unpaired) electrons. The average molecular weight is 505 g/mol. The molecule has 190 valence electrons. The highest BCUT2D eigenvalue weighted by Crippen LogP contribution is 2.30. The van der Waals surface area contributed by atoms with Crippen LogP contribution in [0.25, 0.3) is 0 Å². The van der Waals surface area contributed by atoms with Gasteiger partial charge in [-0.3, -0.25) is 4.79 Å². The first-order valence-corrected chi connectivity index (χ1v) is 11.5. The molecule has 1 aliphatic heterocycles. The number of ether oxygens (including phenoxy) is 5. The molecule has 0 bridgehead atoms. The fourth-order valence-electron chi connectivity index (χ4n) is 3.70. The number of esters is 4. The molecule has 0 aliphatic carbocycles. The Morgan fingerprint density at radius 1 is 0.622 bits per heavy atom. The number of carbonyl (C=O) groups excluding carboxylic acids is 4. The van der Waals surface area contributed by atoms with Crippen LogP contribution >= 0.6 is 0 Å². The van der Waals surface area contributed by atoms with E-state index in [4.69, 9.17) is 23.7 Å². The summed E-state index contributed by atoms with van der Waals surface area (Å²) >= 11 is 0. The molecule has 1 aliphatic rings. The second-order valence-electron chi connectivity index (χ2n) is 8.09. The highest BCUT2D eigenvalue weighted by Gasteiger charge is 2.52. The predicted octanol–water partition coefficient (Wildman–Crippen LogP) is 3.58. The second-order valence-corrected chi connectivity index (χ2v) is 8.09. The maximum atomic E-state index is 12.9. The Morgan fingerprint density at radius 3 is 1.51 bits per heavy atom. The van der Waals surface area contributed by atoms with E-state index in [9.17, 15) is 19.2 Å². The monoisotopic (exact) mass is 505 g/mol. The van der Waals surface area contributed by atoms with Crippen LogP contribution in [0.5, 0.6) is 0 Å². The van der Waals surface area contributed by atoms with Crippen LogP contribution in [0.3, 0.4) is 0 Å². The third-order valence-corrected chi connectivity index (χ3v) is 5.44. The largest absolute Gasteiger partial charge is 0.459 e. The summed E-state index contributed by atoms with van der Waals surface area (Å²) in [6.45, 7) is 0.796. The first kappa shape index (κ1) is 25.6. The number of rotatable bonds is 8. The van der Waals surface area contributed by atoms with Gasteiger partial charge in [-0.25, -0.2) is 14.4 Å². The SMILES string of the molecule is CC(=O)O[13C@@H]1O[C@H](COC(=O)c2ccccc2)[C@@H](OC(=O)c2ccccc2)[C@H]1OC(=O)c1ccccc1. The van der Waals surface area contributed by atoms with E-state index in [0.717, 1.165) is 6.92 Å². The lowest BCUT2D eigenvalue weighted by Gasteiger charge is -2.24. The van der Waals surface area contributed by atoms with Crippen LogP contribution < -0.4 is 0 Å². The van der Waals surface area contributed by atoms with Crippen molar-refractivity contribution in [1.29, 1.82) is 0 Å². The molecule has 3 aromatic rings. The molecule has 0 amide bonds. The van der Waals surface area contributed by atoms with Gasteiger partial charge in [-0.2, -0.15) is 0 Å². The van der Waals surface area contributed by atoms with E-state index in [1.165, 1.54) is 0 Å². The summed E-state index contributed by atoms with van der Waals surface area (Å²) in [5.41, 5.74) is 0.782. The fourth-order valence-corrected chi connectivity index (χ4v) is 3.70. The Bertz CT molecular complexity index is 1230. The van der Waals surface area contributed by atoms with Gasteiger partial charge < -0.3 is 23.7 Å². The third-order valence-electron chi connectivity index (χ3n) is 5.44. The molecular formula is C28H24O9. The molecule has 3 aromatic carbocycles. The molecule has 1 saturated heterocycles. The van der Waals surface area contributed by atoms with Crippen LogP contribution in [-0.4, -0.2) is 55.1 Å². The number of benzene rings is 3. The molecule has 9 heteroatoms. The molecule has 0 aromatic heterocycles. The van der Waals surface area contributed by atoms with E-state index < -0.39 is 48.5 Å². The van der Waals surface area contributed by atoms with E-state index in [0.29, 0.717) is 5.56 Å². The zero-order valence-electron chi connectivity index (χ0n) is 19.9. The van der Waals surface area contributed by atoms with Crippen LogP contribution in [0.4, 0.5) is 0 Å². The van der Waals surface area contributed by atoms with Gasteiger partial charge in [-0.1, -0.05) is 54.6 Å². The maximum absolute atomic E-state index is 12.9. The van der Waals surface area contributed by atoms with Crippen LogP contribution in [0, 0.1) is 0 Å². The van der Waals surface area contributed by atoms with E-state index in [1.807, 2.05) is 0 Å². The van der Waals surface area contributed by atoms with Crippen LogP contribution in [0.2, 0.25) is 0 Å². The first-order valence-electron chi connectivity index (χ1n) is 11.5. The predicted molar refractivity (Wildman–Crippen MR) is 128 cm³/mol. The zero-order chi connectivity index (χ0) is 26.2. The van der Waals surface area contributed by atoms with Gasteiger partial charge in [-0.15, -0.1) is 0 Å². The topological polar surface area (TPSA) is 114 Å². The van der Waals surface area contributed by atoms with Crippen molar-refractivity contribution in [3.8, 4) is 0 Å². The van der Waals surface area contributed by atoms with Crippen molar-refractivity contribution < 1.29 is 42.9 Å². The summed E-state index contributed by atoms with van der Waals surface area (Å²) in [5.74, 6) is -2.81. The van der Waals surface area contributed by atoms with Gasteiger partial charge in [0.05, 0.1) is 16.7 Å². The highest BCUT2D eigenvalue weighted by atomic mass is 16.8. The molecule has 1 heterocycles. The van der Waals surface area contributed by atoms with E-state index in [1.54, 1.807) is 91.0 Å². The van der Waals surface area contributed by atoms with Gasteiger partial charge in [0.1, 0.15) is 12.7 Å². The molecule has 0 saturated carbocycles. The average Bonchev–Trinajstić information content (AvgIpc) is 3.23. The maximum Gasteiger partial charge on any atom is 0.338 e. The Labute approximate surface area is 212 Å². The van der Waals surface area contributed by atoms with Crippen molar-refractivity contribution >= 4 is 23.9 Å². The molecular weight excluding hydrogens is 481 g/mol. The Hall–Kier alpha value is -4.50. The number of hydrogen-bond donors (Lipinski definition) is 0. The third kappa shape index (κ3) is 6.59. The lowest BCUT2D eigenvalue weighted by molar-refractivity contribution is -0.187. The van der Waals surface area contributed by atoms with Gasteiger partial charge in [0.2, 0.25) is 12.4 Å². The minimum absolute atomic E-state index is 0.233. The normalized spacial score (nSPS) is 20.5. The Balaban J connectivity index is 1.58. The first-order chi connectivity index (χ1) is 17.9. The Kier molecular flexibility index (Phi) is 8.27. The van der Waals surface area contributed by atoms with Crippen molar-refractivity contribution in [1.82, 2.24) is 0 Å². The van der Waals surface area contributed by atoms with Crippen molar-refractivity contribution in [2.24, 2.45) is 0 Å². The summed E-state index contributed by atoms with van der Waals surface area (Å²) < 4.78 is 27.7. The van der Waals surface area contributed by atoms with Crippen LogP contribution in [0.1, 0.15) is 38.0 Å². The molecule has 0 spiro atoms. The minimum Gasteiger partial charge on any atom is -0.459 e. The zero-order valence-corrected chi connectivity index (χ0v) is 19.9. The van der Waals surface area contributed by atoms with Gasteiger partial charge in [0.15, 0.2) is 6.10 Å². The molecule has 0 N–H and O–H groups in total. The van der Waals surface area contributed by atoms with E-state index >= 15 is 0 Å². The molecule has 1 fully saturated rings. The summed E-state index contributed by atoms with van der Waals surface area (Å²) in [6.07, 6.45) is -5.09. The van der Waals surface area contributed by atoms with Crippen LogP contribution in [-0.2, 0) is 28.5 Å². The smallest absolute Gasteiger partial charge is 0.338 e. The van der Waals surface area contributed by atoms with Crippen LogP contribution in [0.15, 0.2) is 91.0 Å². The number of carbonyl (C=O) groups is 4. The van der Waals surface area contributed by atoms with Crippen molar-refractivity contribution in [3.63, 3.8) is 0 Å². The standard InChI is InChI=1S/C28H24O9/c1-18(29)34-28-24(37-27(32)21-15-9-4-10-16-21)23(36-26(31)20-13-7-3-8-14-20)22(35-28)17-33-25(30)19-11-5-2-6-12-19/h2-16,22-24,28H,17H2,1H3/t22-,23-,24-,28-/m1/s1/i28+1. The summed E-state index contributed by atoms with van der Waals surface area (Å²) in [6, 6.07) is 24.6. The van der Waals surface area contributed by atoms with Gasteiger partial charge >= 0.3 is 23.9 Å². The van der Waals surface area contributed by atoms with Gasteiger partial charge in [0.25, 0.3) is 0 Å². The Morgan fingerprint density at radius 2 is 1.05 bits per heavy atom. The number of hydrogen-bond acceptors (Lipinski definition) is 9. The lowest BCUT2D eigenvalue weighted by atomic mass is 10.1. The van der Waals surface area contributed by atoms with E-state index in [-0.39, 0.29) is 17.7 Å². The fraction of sp³-hybridized carbons (Fsp3) is 0.214. The van der Waals surface area contributed by atoms with Crippen molar-refractivity contribution in [3.05, 3.63) is 108 Å².